The molecule has 0 radical (unpaired) electrons. The monoisotopic (exact) mass is 245 g/mol. The summed E-state index contributed by atoms with van der Waals surface area (Å²) in [6.07, 6.45) is 1.90. The van der Waals surface area contributed by atoms with E-state index >= 15 is 0 Å². The van der Waals surface area contributed by atoms with E-state index in [1.807, 2.05) is 0 Å². The van der Waals surface area contributed by atoms with Crippen molar-refractivity contribution in [3.8, 4) is 0 Å². The van der Waals surface area contributed by atoms with E-state index in [1.54, 1.807) is 25.4 Å². The molecule has 1 aromatic rings. The Morgan fingerprint density at radius 3 is 2.67 bits per heavy atom. The first kappa shape index (κ1) is 13.5. The largest absolute Gasteiger partial charge is 0.373 e. The van der Waals surface area contributed by atoms with Gasteiger partial charge in [0.25, 0.3) is 0 Å². The molecule has 5 nitrogen and oxygen atoms in total. The molecule has 0 amide bonds. The Labute approximate surface area is 96.8 Å². The van der Waals surface area contributed by atoms with Crippen molar-refractivity contribution in [2.45, 2.75) is 0 Å². The Kier molecular flexibility index (Phi) is 7.09. The highest BCUT2D eigenvalue weighted by Gasteiger charge is 2.00. The molecule has 0 aromatic carbocycles. The maximum Gasteiger partial charge on any atom is 0.373 e. The van der Waals surface area contributed by atoms with Crippen LogP contribution in [-0.4, -0.2) is 23.3 Å². The van der Waals surface area contributed by atoms with Crippen LogP contribution in [0, 0.1) is 0 Å². The number of pyridine rings is 1. The average molecular weight is 246 g/mol. The van der Waals surface area contributed by atoms with Crippen LogP contribution < -0.4 is 10.6 Å². The quantitative estimate of drug-likeness (QED) is 0.722. The molecule has 0 atom stereocenters. The maximum absolute atomic E-state index is 8.12. The van der Waals surface area contributed by atoms with Gasteiger partial charge in [-0.2, -0.15) is 9.59 Å². The van der Waals surface area contributed by atoms with Crippen molar-refractivity contribution in [3.63, 3.8) is 0 Å². The summed E-state index contributed by atoms with van der Waals surface area (Å²) in [6, 6.07) is 3.51. The second kappa shape index (κ2) is 7.87. The number of anilines is 1. The van der Waals surface area contributed by atoms with Crippen LogP contribution >= 0.6 is 23.8 Å². The van der Waals surface area contributed by atoms with Crippen molar-refractivity contribution in [3.05, 3.63) is 23.4 Å². The molecule has 2 N–H and O–H groups in total. The number of thiocarbonyl (C=S) groups is 1. The molecule has 0 aliphatic heterocycles. The average Bonchev–Trinajstić information content (AvgIpc) is 2.22. The molecule has 7 heteroatoms. The maximum atomic E-state index is 8.12. The molecule has 0 aliphatic carbocycles. The zero-order valence-corrected chi connectivity index (χ0v) is 9.35. The van der Waals surface area contributed by atoms with Crippen LogP contribution in [0.4, 0.5) is 5.82 Å². The summed E-state index contributed by atoms with van der Waals surface area (Å²) in [5.41, 5.74) is 0. The van der Waals surface area contributed by atoms with Gasteiger partial charge >= 0.3 is 6.15 Å². The molecule has 0 fully saturated rings. The number of aromatic nitrogens is 1. The number of rotatable bonds is 1. The van der Waals surface area contributed by atoms with Crippen molar-refractivity contribution in [2.24, 2.45) is 0 Å². The van der Waals surface area contributed by atoms with Crippen LogP contribution in [-0.2, 0) is 9.59 Å². The zero-order chi connectivity index (χ0) is 11.7. The molecule has 80 valence electrons. The van der Waals surface area contributed by atoms with Gasteiger partial charge in [-0.1, -0.05) is 11.6 Å². The molecule has 1 heterocycles. The molecule has 15 heavy (non-hydrogen) atoms. The van der Waals surface area contributed by atoms with Gasteiger partial charge in [0.1, 0.15) is 0 Å². The Morgan fingerprint density at radius 1 is 1.60 bits per heavy atom. The molecule has 0 bridgehead atoms. The van der Waals surface area contributed by atoms with Crippen LogP contribution in [0.5, 0.6) is 0 Å². The van der Waals surface area contributed by atoms with Gasteiger partial charge in [-0.15, -0.1) is 0 Å². The summed E-state index contributed by atoms with van der Waals surface area (Å²) in [6.45, 7) is 0. The third kappa shape index (κ3) is 5.74. The SMILES string of the molecule is CNC(=S)Nc1ncccc1Cl.O=C=O. The lowest BCUT2D eigenvalue weighted by molar-refractivity contribution is -0.191. The fraction of sp³-hybridized carbons (Fsp3) is 0.125. The first-order valence-corrected chi connectivity index (χ1v) is 4.52. The van der Waals surface area contributed by atoms with E-state index in [0.29, 0.717) is 16.0 Å². The topological polar surface area (TPSA) is 71.1 Å². The molecule has 0 saturated carbocycles. The van der Waals surface area contributed by atoms with Gasteiger partial charge in [-0.25, -0.2) is 4.98 Å². The van der Waals surface area contributed by atoms with Crippen LogP contribution in [0.15, 0.2) is 18.3 Å². The third-order valence-corrected chi connectivity index (χ3v) is 1.83. The fourth-order valence-electron chi connectivity index (χ4n) is 0.648. The Balaban J connectivity index is 0.000000583. The number of nitrogens with zero attached hydrogens (tertiary/aromatic N) is 1. The van der Waals surface area contributed by atoms with Crippen molar-refractivity contribution in [2.75, 3.05) is 12.4 Å². The normalized spacial score (nSPS) is 7.87. The lowest BCUT2D eigenvalue weighted by atomic mass is 10.4. The van der Waals surface area contributed by atoms with Gasteiger partial charge in [0.2, 0.25) is 0 Å². The smallest absolute Gasteiger partial charge is 0.365 e. The zero-order valence-electron chi connectivity index (χ0n) is 7.78. The lowest BCUT2D eigenvalue weighted by Crippen LogP contribution is -2.24. The minimum Gasteiger partial charge on any atom is -0.365 e. The highest BCUT2D eigenvalue weighted by atomic mass is 35.5. The van der Waals surface area contributed by atoms with E-state index in [9.17, 15) is 0 Å². The highest BCUT2D eigenvalue weighted by Crippen LogP contribution is 2.16. The van der Waals surface area contributed by atoms with Gasteiger partial charge in [0, 0.05) is 13.2 Å². The number of carbonyl (C=O) groups excluding carboxylic acids is 2. The molecule has 0 saturated heterocycles. The molecule has 1 rings (SSSR count). The van der Waals surface area contributed by atoms with E-state index < -0.39 is 0 Å². The summed E-state index contributed by atoms with van der Waals surface area (Å²) < 4.78 is 0. The third-order valence-electron chi connectivity index (χ3n) is 1.22. The number of halogens is 1. The van der Waals surface area contributed by atoms with Gasteiger partial charge in [0.05, 0.1) is 5.02 Å². The minimum absolute atomic E-state index is 0.250. The first-order valence-electron chi connectivity index (χ1n) is 3.74. The second-order valence-corrected chi connectivity index (χ2v) is 2.94. The van der Waals surface area contributed by atoms with E-state index in [1.165, 1.54) is 0 Å². The van der Waals surface area contributed by atoms with E-state index in [4.69, 9.17) is 33.4 Å². The fourth-order valence-corrected chi connectivity index (χ4v) is 0.913. The van der Waals surface area contributed by atoms with E-state index in [-0.39, 0.29) is 6.15 Å². The van der Waals surface area contributed by atoms with Crippen LogP contribution in [0.2, 0.25) is 5.02 Å². The van der Waals surface area contributed by atoms with Gasteiger partial charge in [0.15, 0.2) is 10.9 Å². The predicted octanol–water partition coefficient (Wildman–Crippen LogP) is 1.07. The van der Waals surface area contributed by atoms with Crippen molar-refractivity contribution >= 4 is 40.9 Å². The lowest BCUT2D eigenvalue weighted by Gasteiger charge is -2.06. The Morgan fingerprint density at radius 2 is 2.20 bits per heavy atom. The second-order valence-electron chi connectivity index (χ2n) is 2.12. The summed E-state index contributed by atoms with van der Waals surface area (Å²) in [4.78, 5) is 20.2. The standard InChI is InChI=1S/C7H8ClN3S.CO2/c1-9-7(12)11-6-5(8)3-2-4-10-6;2-1-3/h2-4H,1H3,(H2,9,10,11,12);. The van der Waals surface area contributed by atoms with Gasteiger partial charge < -0.3 is 10.6 Å². The van der Waals surface area contributed by atoms with Crippen molar-refractivity contribution in [1.82, 2.24) is 10.3 Å². The Bertz CT molecular complexity index is 367. The van der Waals surface area contributed by atoms with Crippen LogP contribution in [0.3, 0.4) is 0 Å². The molecular weight excluding hydrogens is 238 g/mol. The molecule has 1 aromatic heterocycles. The number of hydrogen-bond donors (Lipinski definition) is 2. The highest BCUT2D eigenvalue weighted by molar-refractivity contribution is 7.80. The first-order chi connectivity index (χ1) is 7.15. The Hall–Kier alpha value is -1.49. The minimum atomic E-state index is 0.250. The van der Waals surface area contributed by atoms with Crippen molar-refractivity contribution in [1.29, 1.82) is 0 Å². The number of nitrogens with one attached hydrogen (secondary N) is 2. The van der Waals surface area contributed by atoms with Crippen molar-refractivity contribution < 1.29 is 9.59 Å². The molecular formula is C8H8ClN3O2S. The summed E-state index contributed by atoms with van der Waals surface area (Å²) in [5.74, 6) is 0.568. The van der Waals surface area contributed by atoms with E-state index in [0.717, 1.165) is 0 Å². The molecule has 0 unspecified atom stereocenters. The summed E-state index contributed by atoms with van der Waals surface area (Å²) in [5, 5.41) is 6.65. The van der Waals surface area contributed by atoms with E-state index in [2.05, 4.69) is 15.6 Å². The van der Waals surface area contributed by atoms with Crippen LogP contribution in [0.25, 0.3) is 0 Å². The number of hydrogen-bond acceptors (Lipinski definition) is 4. The van der Waals surface area contributed by atoms with Gasteiger partial charge in [-0.05, 0) is 24.4 Å². The van der Waals surface area contributed by atoms with Crippen LogP contribution in [0.1, 0.15) is 0 Å². The summed E-state index contributed by atoms with van der Waals surface area (Å²) >= 11 is 10.7. The summed E-state index contributed by atoms with van der Waals surface area (Å²) in [7, 11) is 1.73. The van der Waals surface area contributed by atoms with Gasteiger partial charge in [-0.3, -0.25) is 0 Å². The predicted molar refractivity (Wildman–Crippen MR) is 59.5 cm³/mol. The molecule has 0 aliphatic rings. The molecule has 0 spiro atoms.